The van der Waals surface area contributed by atoms with Crippen LogP contribution in [0.15, 0.2) is 28.9 Å². The van der Waals surface area contributed by atoms with Crippen LogP contribution in [0.25, 0.3) is 0 Å². The molecule has 6 heteroatoms. The summed E-state index contributed by atoms with van der Waals surface area (Å²) in [4.78, 5) is 11.9. The van der Waals surface area contributed by atoms with Crippen molar-refractivity contribution in [3.8, 4) is 0 Å². The minimum Gasteiger partial charge on any atom is -0.320 e. The lowest BCUT2D eigenvalue weighted by molar-refractivity contribution is 0.102. The number of aryl methyl sites for hydroxylation is 2. The van der Waals surface area contributed by atoms with E-state index in [0.717, 1.165) is 22.1 Å². The van der Waals surface area contributed by atoms with E-state index >= 15 is 0 Å². The third kappa shape index (κ3) is 2.76. The Morgan fingerprint density at radius 3 is 2.89 bits per heavy atom. The monoisotopic (exact) mass is 308 g/mol. The summed E-state index contributed by atoms with van der Waals surface area (Å²) in [6.45, 7) is 2.04. The summed E-state index contributed by atoms with van der Waals surface area (Å²) in [5.41, 5.74) is 2.18. The van der Waals surface area contributed by atoms with Crippen molar-refractivity contribution in [1.82, 2.24) is 15.0 Å². The smallest absolute Gasteiger partial charge is 0.277 e. The minimum absolute atomic E-state index is 0.250. The van der Waals surface area contributed by atoms with Crippen LogP contribution in [0.2, 0.25) is 0 Å². The summed E-state index contributed by atoms with van der Waals surface area (Å²) in [5, 5.41) is 10.4. The SMILES string of the molecule is CCc1cc(Br)ccc1NC(=O)c1cn(C)nn1. The molecule has 0 spiro atoms. The zero-order valence-corrected chi connectivity index (χ0v) is 11.7. The molecule has 0 aliphatic heterocycles. The standard InChI is InChI=1S/C12H13BrN4O/c1-3-8-6-9(13)4-5-10(8)14-12(18)11-7-17(2)16-15-11/h4-7H,3H2,1-2H3,(H,14,18). The fraction of sp³-hybridized carbons (Fsp3) is 0.250. The zero-order chi connectivity index (χ0) is 13.1. The van der Waals surface area contributed by atoms with Gasteiger partial charge in [-0.05, 0) is 30.2 Å². The van der Waals surface area contributed by atoms with Crippen molar-refractivity contribution in [2.75, 3.05) is 5.32 Å². The maximum Gasteiger partial charge on any atom is 0.277 e. The molecule has 0 atom stereocenters. The molecule has 0 saturated heterocycles. The molecule has 1 heterocycles. The van der Waals surface area contributed by atoms with Crippen molar-refractivity contribution in [2.45, 2.75) is 13.3 Å². The number of benzene rings is 1. The van der Waals surface area contributed by atoms with Gasteiger partial charge in [0.25, 0.3) is 5.91 Å². The van der Waals surface area contributed by atoms with Gasteiger partial charge in [0.15, 0.2) is 5.69 Å². The summed E-state index contributed by atoms with van der Waals surface area (Å²) < 4.78 is 2.49. The average Bonchev–Trinajstić information content (AvgIpc) is 2.78. The predicted octanol–water partition coefficient (Wildman–Crippen LogP) is 2.39. The molecule has 0 fully saturated rings. The van der Waals surface area contributed by atoms with Gasteiger partial charge in [-0.2, -0.15) is 0 Å². The van der Waals surface area contributed by atoms with Gasteiger partial charge in [-0.25, -0.2) is 0 Å². The van der Waals surface area contributed by atoms with E-state index in [1.807, 2.05) is 25.1 Å². The maximum atomic E-state index is 11.9. The molecule has 0 aliphatic rings. The van der Waals surface area contributed by atoms with E-state index in [1.165, 1.54) is 4.68 Å². The number of amides is 1. The number of rotatable bonds is 3. The van der Waals surface area contributed by atoms with Crippen molar-refractivity contribution < 1.29 is 4.79 Å². The Bertz CT molecular complexity index is 579. The Balaban J connectivity index is 2.21. The fourth-order valence-electron chi connectivity index (χ4n) is 1.61. The van der Waals surface area contributed by atoms with E-state index in [-0.39, 0.29) is 5.91 Å². The van der Waals surface area contributed by atoms with Crippen LogP contribution in [0.4, 0.5) is 5.69 Å². The molecule has 0 bridgehead atoms. The van der Waals surface area contributed by atoms with E-state index in [2.05, 4.69) is 31.6 Å². The third-order valence-corrected chi connectivity index (χ3v) is 3.02. The van der Waals surface area contributed by atoms with Gasteiger partial charge in [0.05, 0.1) is 6.20 Å². The second-order valence-electron chi connectivity index (χ2n) is 3.89. The van der Waals surface area contributed by atoms with Crippen LogP contribution >= 0.6 is 15.9 Å². The molecule has 1 amide bonds. The van der Waals surface area contributed by atoms with Crippen LogP contribution in [-0.2, 0) is 13.5 Å². The molecule has 0 radical (unpaired) electrons. The Hall–Kier alpha value is -1.69. The first-order valence-electron chi connectivity index (χ1n) is 5.56. The van der Waals surface area contributed by atoms with Crippen molar-refractivity contribution >= 4 is 27.5 Å². The average molecular weight is 309 g/mol. The van der Waals surface area contributed by atoms with E-state index in [9.17, 15) is 4.79 Å². The van der Waals surface area contributed by atoms with Gasteiger partial charge < -0.3 is 5.32 Å². The highest BCUT2D eigenvalue weighted by molar-refractivity contribution is 9.10. The normalized spacial score (nSPS) is 10.4. The van der Waals surface area contributed by atoms with Crippen LogP contribution in [-0.4, -0.2) is 20.9 Å². The van der Waals surface area contributed by atoms with Gasteiger partial charge in [0.2, 0.25) is 0 Å². The number of hydrogen-bond acceptors (Lipinski definition) is 3. The van der Waals surface area contributed by atoms with Crippen molar-refractivity contribution in [3.63, 3.8) is 0 Å². The number of hydrogen-bond donors (Lipinski definition) is 1. The van der Waals surface area contributed by atoms with Crippen molar-refractivity contribution in [3.05, 3.63) is 40.1 Å². The number of aromatic nitrogens is 3. The molecule has 5 nitrogen and oxygen atoms in total. The number of carbonyl (C=O) groups is 1. The van der Waals surface area contributed by atoms with Gasteiger partial charge in [0.1, 0.15) is 0 Å². The second kappa shape index (κ2) is 5.30. The van der Waals surface area contributed by atoms with Crippen LogP contribution in [0, 0.1) is 0 Å². The number of anilines is 1. The molecule has 1 N–H and O–H groups in total. The van der Waals surface area contributed by atoms with E-state index in [1.54, 1.807) is 13.2 Å². The number of halogens is 1. The second-order valence-corrected chi connectivity index (χ2v) is 4.80. The molecular formula is C12H13BrN4O. The summed E-state index contributed by atoms with van der Waals surface area (Å²) in [7, 11) is 1.72. The number of nitrogens with one attached hydrogen (secondary N) is 1. The van der Waals surface area contributed by atoms with Crippen molar-refractivity contribution in [2.24, 2.45) is 7.05 Å². The third-order valence-electron chi connectivity index (χ3n) is 2.53. The molecule has 94 valence electrons. The molecule has 0 unspecified atom stereocenters. The van der Waals surface area contributed by atoms with Gasteiger partial charge in [-0.1, -0.05) is 28.1 Å². The highest BCUT2D eigenvalue weighted by atomic mass is 79.9. The van der Waals surface area contributed by atoms with E-state index in [4.69, 9.17) is 0 Å². The summed E-state index contributed by atoms with van der Waals surface area (Å²) >= 11 is 3.41. The quantitative estimate of drug-likeness (QED) is 0.947. The van der Waals surface area contributed by atoms with Crippen LogP contribution in [0.5, 0.6) is 0 Å². The van der Waals surface area contributed by atoms with E-state index in [0.29, 0.717) is 5.69 Å². The molecule has 2 aromatic rings. The molecule has 18 heavy (non-hydrogen) atoms. The Morgan fingerprint density at radius 1 is 1.50 bits per heavy atom. The molecule has 0 saturated carbocycles. The Labute approximate surface area is 113 Å². The van der Waals surface area contributed by atoms with Crippen molar-refractivity contribution in [1.29, 1.82) is 0 Å². The highest BCUT2D eigenvalue weighted by Gasteiger charge is 2.11. The fourth-order valence-corrected chi connectivity index (χ4v) is 2.02. The summed E-state index contributed by atoms with van der Waals surface area (Å²) in [5.74, 6) is -0.250. The van der Waals surface area contributed by atoms with Gasteiger partial charge in [0, 0.05) is 17.2 Å². The first-order chi connectivity index (χ1) is 8.60. The largest absolute Gasteiger partial charge is 0.320 e. The lowest BCUT2D eigenvalue weighted by Gasteiger charge is -2.09. The first-order valence-corrected chi connectivity index (χ1v) is 6.35. The van der Waals surface area contributed by atoms with Crippen LogP contribution in [0.3, 0.4) is 0 Å². The summed E-state index contributed by atoms with van der Waals surface area (Å²) in [6, 6.07) is 5.76. The first kappa shape index (κ1) is 12.8. The molecule has 1 aromatic heterocycles. The topological polar surface area (TPSA) is 59.8 Å². The maximum absolute atomic E-state index is 11.9. The zero-order valence-electron chi connectivity index (χ0n) is 10.1. The molecule has 0 aliphatic carbocycles. The van der Waals surface area contributed by atoms with Gasteiger partial charge in [-0.3, -0.25) is 9.48 Å². The van der Waals surface area contributed by atoms with Crippen LogP contribution < -0.4 is 5.32 Å². The van der Waals surface area contributed by atoms with Gasteiger partial charge >= 0.3 is 0 Å². The Morgan fingerprint density at radius 2 is 2.28 bits per heavy atom. The lowest BCUT2D eigenvalue weighted by atomic mass is 10.1. The molecular weight excluding hydrogens is 296 g/mol. The predicted molar refractivity (Wildman–Crippen MR) is 72.5 cm³/mol. The molecule has 1 aromatic carbocycles. The summed E-state index contributed by atoms with van der Waals surface area (Å²) in [6.07, 6.45) is 2.43. The Kier molecular flexibility index (Phi) is 3.76. The molecule has 2 rings (SSSR count). The van der Waals surface area contributed by atoms with Crippen LogP contribution in [0.1, 0.15) is 23.0 Å². The van der Waals surface area contributed by atoms with E-state index < -0.39 is 0 Å². The number of carbonyl (C=O) groups excluding carboxylic acids is 1. The lowest BCUT2D eigenvalue weighted by Crippen LogP contribution is -2.13. The number of nitrogens with zero attached hydrogens (tertiary/aromatic N) is 3. The minimum atomic E-state index is -0.250. The van der Waals surface area contributed by atoms with Gasteiger partial charge in [-0.15, -0.1) is 5.10 Å². The highest BCUT2D eigenvalue weighted by Crippen LogP contribution is 2.21.